The Morgan fingerprint density at radius 3 is 1.45 bits per heavy atom. The minimum absolute atomic E-state index is 0.329. The van der Waals surface area contributed by atoms with Crippen LogP contribution >= 0.6 is 0 Å². The van der Waals surface area contributed by atoms with Gasteiger partial charge in [-0.15, -0.1) is 0 Å². The van der Waals surface area contributed by atoms with Crippen LogP contribution in [-0.2, 0) is 31.8 Å². The average molecular weight is 519 g/mol. The van der Waals surface area contributed by atoms with Gasteiger partial charge in [0.25, 0.3) is 0 Å². The molecule has 38 heavy (non-hydrogen) atoms. The minimum Gasteiger partial charge on any atom is -0.434 e. The number of rotatable bonds is 11. The number of aryl methyl sites for hydroxylation is 2. The van der Waals surface area contributed by atoms with Crippen molar-refractivity contribution in [3.8, 4) is 0 Å². The van der Waals surface area contributed by atoms with Crippen molar-refractivity contribution in [1.82, 2.24) is 0 Å². The number of hydrogen-bond acceptors (Lipinski definition) is 6. The van der Waals surface area contributed by atoms with Gasteiger partial charge >= 0.3 is 12.3 Å². The Labute approximate surface area is 225 Å². The van der Waals surface area contributed by atoms with Crippen molar-refractivity contribution in [3.05, 3.63) is 82.3 Å². The summed E-state index contributed by atoms with van der Waals surface area (Å²) >= 11 is 0. The summed E-state index contributed by atoms with van der Waals surface area (Å²) in [5.41, 5.74) is 5.80. The molecule has 0 spiro atoms. The third kappa shape index (κ3) is 6.85. The Balaban J connectivity index is 1.73. The molecular weight excluding hydrogens is 480 g/mol. The van der Waals surface area contributed by atoms with E-state index >= 15 is 0 Å². The molecule has 0 N–H and O–H groups in total. The molecule has 0 aromatic heterocycles. The van der Waals surface area contributed by atoms with E-state index < -0.39 is 12.3 Å². The van der Waals surface area contributed by atoms with Gasteiger partial charge in [0, 0.05) is 24.0 Å². The van der Waals surface area contributed by atoms with Crippen molar-refractivity contribution in [3.63, 3.8) is 0 Å². The van der Waals surface area contributed by atoms with Gasteiger partial charge in [-0.3, -0.25) is 0 Å². The van der Waals surface area contributed by atoms with E-state index in [1.807, 2.05) is 36.4 Å². The van der Waals surface area contributed by atoms with E-state index in [0.717, 1.165) is 84.8 Å². The molecule has 2 aliphatic rings. The van der Waals surface area contributed by atoms with E-state index in [-0.39, 0.29) is 0 Å². The largest absolute Gasteiger partial charge is 0.513 e. The highest BCUT2D eigenvalue weighted by atomic mass is 16.7. The van der Waals surface area contributed by atoms with Crippen molar-refractivity contribution in [2.75, 3.05) is 13.2 Å². The number of fused-ring (bicyclic) bond motifs is 2. The first-order valence-electron chi connectivity index (χ1n) is 13.9. The molecule has 2 aromatic rings. The van der Waals surface area contributed by atoms with Crippen LogP contribution in [0.1, 0.15) is 87.5 Å². The van der Waals surface area contributed by atoms with Crippen LogP contribution in [-0.4, -0.2) is 25.5 Å². The van der Waals surface area contributed by atoms with Crippen LogP contribution in [0.15, 0.2) is 60.0 Å². The standard InChI is InChI=1S/C32H38O6/c1-3-5-11-21-35-31(33)37-27-19-17-23-13-7-9-15-25(23)29(27)30-26-16-10-8-14-24(26)18-20-28(30)38-32(34)36-22-12-6-4-2/h7-10,13-16H,3-6,11-12,17-22H2,1-2H3. The maximum Gasteiger partial charge on any atom is 0.513 e. The number of ether oxygens (including phenoxy) is 4. The first-order valence-corrected chi connectivity index (χ1v) is 13.9. The molecular formula is C32H38O6. The molecule has 0 unspecified atom stereocenters. The van der Waals surface area contributed by atoms with Gasteiger partial charge in [0.15, 0.2) is 0 Å². The van der Waals surface area contributed by atoms with Crippen molar-refractivity contribution in [2.24, 2.45) is 0 Å². The minimum atomic E-state index is -0.699. The molecule has 4 rings (SSSR count). The summed E-state index contributed by atoms with van der Waals surface area (Å²) in [6.07, 6.45) is 6.84. The van der Waals surface area contributed by atoms with E-state index in [1.165, 1.54) is 0 Å². The zero-order chi connectivity index (χ0) is 26.7. The predicted molar refractivity (Wildman–Crippen MR) is 147 cm³/mol. The van der Waals surface area contributed by atoms with Gasteiger partial charge in [-0.05, 0) is 47.9 Å². The number of benzene rings is 2. The molecule has 0 radical (unpaired) electrons. The summed E-state index contributed by atoms with van der Waals surface area (Å²) in [5, 5.41) is 0. The monoisotopic (exact) mass is 518 g/mol. The highest BCUT2D eigenvalue weighted by Gasteiger charge is 2.32. The van der Waals surface area contributed by atoms with Gasteiger partial charge < -0.3 is 18.9 Å². The van der Waals surface area contributed by atoms with Crippen molar-refractivity contribution >= 4 is 23.5 Å². The fourth-order valence-corrected chi connectivity index (χ4v) is 5.04. The third-order valence-electron chi connectivity index (χ3n) is 6.97. The van der Waals surface area contributed by atoms with Gasteiger partial charge in [0.2, 0.25) is 0 Å². The van der Waals surface area contributed by atoms with Crippen LogP contribution in [0.25, 0.3) is 11.1 Å². The smallest absolute Gasteiger partial charge is 0.434 e. The molecule has 0 fully saturated rings. The van der Waals surface area contributed by atoms with Gasteiger partial charge in [-0.2, -0.15) is 0 Å². The molecule has 202 valence electrons. The maximum atomic E-state index is 12.7. The number of carbonyl (C=O) groups excluding carboxylic acids is 2. The summed E-state index contributed by atoms with van der Waals surface area (Å²) in [4.78, 5) is 25.4. The second kappa shape index (κ2) is 13.8. The molecule has 0 aliphatic heterocycles. The molecule has 6 nitrogen and oxygen atoms in total. The van der Waals surface area contributed by atoms with E-state index in [1.54, 1.807) is 0 Å². The lowest BCUT2D eigenvalue weighted by molar-refractivity contribution is 0.0721. The van der Waals surface area contributed by atoms with Gasteiger partial charge in [-0.25, -0.2) is 9.59 Å². The molecule has 0 saturated heterocycles. The lowest BCUT2D eigenvalue weighted by Gasteiger charge is -2.29. The molecule has 0 bridgehead atoms. The Morgan fingerprint density at radius 1 is 0.605 bits per heavy atom. The molecule has 2 aromatic carbocycles. The first-order chi connectivity index (χ1) is 18.6. The molecule has 0 heterocycles. The topological polar surface area (TPSA) is 71.1 Å². The lowest BCUT2D eigenvalue weighted by Crippen LogP contribution is -2.18. The maximum absolute atomic E-state index is 12.7. The Bertz CT molecular complexity index is 1100. The molecule has 0 atom stereocenters. The zero-order valence-corrected chi connectivity index (χ0v) is 22.6. The molecule has 6 heteroatoms. The third-order valence-corrected chi connectivity index (χ3v) is 6.97. The van der Waals surface area contributed by atoms with Crippen LogP contribution in [0, 0.1) is 0 Å². The number of hydrogen-bond donors (Lipinski definition) is 0. The fourth-order valence-electron chi connectivity index (χ4n) is 5.04. The zero-order valence-electron chi connectivity index (χ0n) is 22.6. The van der Waals surface area contributed by atoms with Crippen molar-refractivity contribution < 1.29 is 28.5 Å². The molecule has 0 saturated carbocycles. The van der Waals surface area contributed by atoms with Gasteiger partial charge in [0.05, 0.1) is 13.2 Å². The van der Waals surface area contributed by atoms with Crippen LogP contribution in [0.2, 0.25) is 0 Å². The van der Waals surface area contributed by atoms with Crippen LogP contribution < -0.4 is 0 Å². The predicted octanol–water partition coefficient (Wildman–Crippen LogP) is 8.39. The Morgan fingerprint density at radius 2 is 1.03 bits per heavy atom. The van der Waals surface area contributed by atoms with Crippen molar-refractivity contribution in [1.29, 1.82) is 0 Å². The van der Waals surface area contributed by atoms with Gasteiger partial charge in [-0.1, -0.05) is 88.1 Å². The molecule has 0 amide bonds. The quantitative estimate of drug-likeness (QED) is 0.220. The summed E-state index contributed by atoms with van der Waals surface area (Å²) in [7, 11) is 0. The normalized spacial score (nSPS) is 14.5. The summed E-state index contributed by atoms with van der Waals surface area (Å²) in [6, 6.07) is 16.2. The first kappa shape index (κ1) is 27.5. The number of carbonyl (C=O) groups is 2. The summed E-state index contributed by atoms with van der Waals surface area (Å²) in [6.45, 7) is 4.86. The second-order valence-corrected chi connectivity index (χ2v) is 9.73. The highest BCUT2D eigenvalue weighted by molar-refractivity contribution is 6.09. The Kier molecular flexibility index (Phi) is 10.0. The van der Waals surface area contributed by atoms with Crippen molar-refractivity contribution in [2.45, 2.75) is 78.1 Å². The number of unbranched alkanes of at least 4 members (excludes halogenated alkanes) is 4. The van der Waals surface area contributed by atoms with E-state index in [9.17, 15) is 9.59 Å². The lowest BCUT2D eigenvalue weighted by atomic mass is 9.78. The SMILES string of the molecule is CCCCCOC(=O)OC1=C(C2=C(OC(=O)OCCCCC)CCc3ccccc32)c2ccccc2CC1. The van der Waals surface area contributed by atoms with Gasteiger partial charge in [0.1, 0.15) is 11.5 Å². The summed E-state index contributed by atoms with van der Waals surface area (Å²) < 4.78 is 22.5. The van der Waals surface area contributed by atoms with Crippen LogP contribution in [0.3, 0.4) is 0 Å². The van der Waals surface area contributed by atoms with E-state index in [2.05, 4.69) is 26.0 Å². The van der Waals surface area contributed by atoms with Crippen LogP contribution in [0.5, 0.6) is 0 Å². The summed E-state index contributed by atoms with van der Waals surface area (Å²) in [5.74, 6) is 1.07. The Hall–Kier alpha value is -3.54. The molecule has 2 aliphatic carbocycles. The van der Waals surface area contributed by atoms with Crippen LogP contribution in [0.4, 0.5) is 9.59 Å². The second-order valence-electron chi connectivity index (χ2n) is 9.73. The highest BCUT2D eigenvalue weighted by Crippen LogP contribution is 2.46. The van der Waals surface area contributed by atoms with E-state index in [4.69, 9.17) is 18.9 Å². The average Bonchev–Trinajstić information content (AvgIpc) is 2.94. The number of allylic oxidation sites excluding steroid dienone is 4. The van der Waals surface area contributed by atoms with E-state index in [0.29, 0.717) is 37.6 Å². The fraction of sp³-hybridized carbons (Fsp3) is 0.438.